The number of aliphatic hydroxyl groups excluding tert-OH is 2. The van der Waals surface area contributed by atoms with Crippen molar-refractivity contribution in [3.63, 3.8) is 0 Å². The number of piperidine rings is 1. The average molecular weight is 329 g/mol. The molecule has 2 aliphatic heterocycles. The molecule has 5 heteroatoms. The summed E-state index contributed by atoms with van der Waals surface area (Å²) in [5.74, 6) is 0.818. The number of rotatable bonds is 5. The van der Waals surface area contributed by atoms with Gasteiger partial charge < -0.3 is 15.1 Å². The van der Waals surface area contributed by atoms with Gasteiger partial charge in [-0.2, -0.15) is 5.26 Å². The zero-order valence-corrected chi connectivity index (χ0v) is 14.1. The number of hydrogen-bond acceptors (Lipinski definition) is 5. The highest BCUT2D eigenvalue weighted by molar-refractivity contribution is 5.31. The maximum absolute atomic E-state index is 9.74. The first-order chi connectivity index (χ1) is 11.7. The van der Waals surface area contributed by atoms with Gasteiger partial charge in [-0.15, -0.1) is 0 Å². The van der Waals surface area contributed by atoms with Gasteiger partial charge >= 0.3 is 0 Å². The summed E-state index contributed by atoms with van der Waals surface area (Å²) in [7, 11) is 0. The Labute approximate surface area is 144 Å². The van der Waals surface area contributed by atoms with Crippen molar-refractivity contribution in [3.8, 4) is 6.07 Å². The second kappa shape index (κ2) is 8.09. The monoisotopic (exact) mass is 329 g/mol. The van der Waals surface area contributed by atoms with Crippen molar-refractivity contribution in [1.29, 1.82) is 5.26 Å². The first-order valence-electron chi connectivity index (χ1n) is 8.90. The van der Waals surface area contributed by atoms with E-state index in [1.54, 1.807) is 0 Å². The Morgan fingerprint density at radius 3 is 2.33 bits per heavy atom. The zero-order valence-electron chi connectivity index (χ0n) is 14.1. The summed E-state index contributed by atoms with van der Waals surface area (Å²) in [5, 5.41) is 28.3. The van der Waals surface area contributed by atoms with Gasteiger partial charge in [0.25, 0.3) is 0 Å². The molecule has 2 fully saturated rings. The largest absolute Gasteiger partial charge is 0.396 e. The SMILES string of the molecule is N#Cc1ccc(CN2C[C@@H](CO)[C@@H](CN3CCC(O)CC3)C2)cc1. The molecular weight excluding hydrogens is 302 g/mol. The van der Waals surface area contributed by atoms with Crippen LogP contribution in [0.4, 0.5) is 0 Å². The molecule has 0 aliphatic carbocycles. The van der Waals surface area contributed by atoms with Crippen LogP contribution in [-0.2, 0) is 6.54 Å². The lowest BCUT2D eigenvalue weighted by molar-refractivity contribution is 0.0684. The zero-order chi connectivity index (χ0) is 16.9. The lowest BCUT2D eigenvalue weighted by Gasteiger charge is -2.32. The quantitative estimate of drug-likeness (QED) is 0.845. The van der Waals surface area contributed by atoms with Gasteiger partial charge in [-0.25, -0.2) is 0 Å². The molecule has 0 unspecified atom stereocenters. The molecule has 0 bridgehead atoms. The molecule has 1 aromatic rings. The molecule has 2 atom stereocenters. The van der Waals surface area contributed by atoms with E-state index in [-0.39, 0.29) is 12.7 Å². The van der Waals surface area contributed by atoms with Crippen molar-refractivity contribution in [2.75, 3.05) is 39.3 Å². The highest BCUT2D eigenvalue weighted by Crippen LogP contribution is 2.26. The van der Waals surface area contributed by atoms with Gasteiger partial charge in [0.05, 0.1) is 17.7 Å². The minimum atomic E-state index is -0.133. The molecular formula is C19H27N3O2. The highest BCUT2D eigenvalue weighted by Gasteiger charge is 2.33. The number of nitrogens with zero attached hydrogens (tertiary/aromatic N) is 3. The van der Waals surface area contributed by atoms with E-state index in [0.29, 0.717) is 17.4 Å². The fraction of sp³-hybridized carbons (Fsp3) is 0.632. The lowest BCUT2D eigenvalue weighted by Crippen LogP contribution is -2.40. The summed E-state index contributed by atoms with van der Waals surface area (Å²) in [6, 6.07) is 9.92. The van der Waals surface area contributed by atoms with E-state index < -0.39 is 0 Å². The Morgan fingerprint density at radius 1 is 1.04 bits per heavy atom. The lowest BCUT2D eigenvalue weighted by atomic mass is 9.95. The fourth-order valence-electron chi connectivity index (χ4n) is 3.96. The van der Waals surface area contributed by atoms with Crippen LogP contribution in [0.15, 0.2) is 24.3 Å². The highest BCUT2D eigenvalue weighted by atomic mass is 16.3. The predicted molar refractivity (Wildman–Crippen MR) is 92.2 cm³/mol. The smallest absolute Gasteiger partial charge is 0.0991 e. The van der Waals surface area contributed by atoms with E-state index in [1.165, 1.54) is 5.56 Å². The van der Waals surface area contributed by atoms with E-state index in [0.717, 1.165) is 52.1 Å². The van der Waals surface area contributed by atoms with E-state index in [2.05, 4.69) is 15.9 Å². The van der Waals surface area contributed by atoms with Crippen LogP contribution in [0, 0.1) is 23.2 Å². The summed E-state index contributed by atoms with van der Waals surface area (Å²) in [5.41, 5.74) is 1.91. The normalized spacial score (nSPS) is 26.5. The molecule has 3 rings (SSSR count). The molecule has 0 amide bonds. The molecule has 5 nitrogen and oxygen atoms in total. The fourth-order valence-corrected chi connectivity index (χ4v) is 3.96. The Bertz CT molecular complexity index is 561. The Morgan fingerprint density at radius 2 is 1.71 bits per heavy atom. The molecule has 0 saturated carbocycles. The number of aliphatic hydroxyl groups is 2. The molecule has 1 aromatic carbocycles. The van der Waals surface area contributed by atoms with Crippen LogP contribution in [0.5, 0.6) is 0 Å². The summed E-state index contributed by atoms with van der Waals surface area (Å²) in [6.45, 7) is 5.99. The second-order valence-electron chi connectivity index (χ2n) is 7.24. The summed E-state index contributed by atoms with van der Waals surface area (Å²) in [4.78, 5) is 4.84. The maximum Gasteiger partial charge on any atom is 0.0991 e. The van der Waals surface area contributed by atoms with E-state index in [4.69, 9.17) is 5.26 Å². The van der Waals surface area contributed by atoms with Crippen molar-refractivity contribution in [1.82, 2.24) is 9.80 Å². The number of hydrogen-bond donors (Lipinski definition) is 2. The Balaban J connectivity index is 1.54. The minimum Gasteiger partial charge on any atom is -0.396 e. The van der Waals surface area contributed by atoms with Gasteiger partial charge in [-0.1, -0.05) is 12.1 Å². The van der Waals surface area contributed by atoms with Crippen LogP contribution in [0.2, 0.25) is 0 Å². The van der Waals surface area contributed by atoms with Crippen molar-refractivity contribution in [3.05, 3.63) is 35.4 Å². The molecule has 2 aliphatic rings. The predicted octanol–water partition coefficient (Wildman–Crippen LogP) is 1.06. The number of nitriles is 1. The van der Waals surface area contributed by atoms with Crippen LogP contribution >= 0.6 is 0 Å². The Kier molecular flexibility index (Phi) is 5.85. The van der Waals surface area contributed by atoms with E-state index in [9.17, 15) is 10.2 Å². The molecule has 2 N–H and O–H groups in total. The third-order valence-electron chi connectivity index (χ3n) is 5.43. The molecule has 0 aromatic heterocycles. The van der Waals surface area contributed by atoms with Crippen molar-refractivity contribution >= 4 is 0 Å². The topological polar surface area (TPSA) is 70.7 Å². The van der Waals surface area contributed by atoms with Gasteiger partial charge in [-0.05, 0) is 42.4 Å². The second-order valence-corrected chi connectivity index (χ2v) is 7.24. The van der Waals surface area contributed by atoms with Crippen molar-refractivity contribution < 1.29 is 10.2 Å². The van der Waals surface area contributed by atoms with Crippen LogP contribution in [-0.4, -0.2) is 65.4 Å². The van der Waals surface area contributed by atoms with Crippen LogP contribution in [0.3, 0.4) is 0 Å². The first kappa shape index (κ1) is 17.4. The van der Waals surface area contributed by atoms with Crippen LogP contribution in [0.1, 0.15) is 24.0 Å². The average Bonchev–Trinajstić information content (AvgIpc) is 2.99. The summed E-state index contributed by atoms with van der Waals surface area (Å²) >= 11 is 0. The van der Waals surface area contributed by atoms with Gasteiger partial charge in [-0.3, -0.25) is 4.90 Å². The number of likely N-dealkylation sites (tertiary alicyclic amines) is 2. The third-order valence-corrected chi connectivity index (χ3v) is 5.43. The van der Waals surface area contributed by atoms with Gasteiger partial charge in [0.15, 0.2) is 0 Å². The molecule has 2 heterocycles. The number of benzene rings is 1. The van der Waals surface area contributed by atoms with E-state index >= 15 is 0 Å². The summed E-state index contributed by atoms with van der Waals surface area (Å²) in [6.07, 6.45) is 1.60. The minimum absolute atomic E-state index is 0.133. The van der Waals surface area contributed by atoms with Gasteiger partial charge in [0, 0.05) is 45.9 Å². The molecule has 0 radical (unpaired) electrons. The first-order valence-corrected chi connectivity index (χ1v) is 8.90. The molecule has 24 heavy (non-hydrogen) atoms. The van der Waals surface area contributed by atoms with Crippen LogP contribution in [0.25, 0.3) is 0 Å². The Hall–Kier alpha value is -1.45. The van der Waals surface area contributed by atoms with E-state index in [1.807, 2.05) is 24.3 Å². The molecule has 2 saturated heterocycles. The van der Waals surface area contributed by atoms with Gasteiger partial charge in [0.1, 0.15) is 0 Å². The van der Waals surface area contributed by atoms with Crippen molar-refractivity contribution in [2.24, 2.45) is 11.8 Å². The molecule has 0 spiro atoms. The van der Waals surface area contributed by atoms with Crippen molar-refractivity contribution in [2.45, 2.75) is 25.5 Å². The maximum atomic E-state index is 9.74. The van der Waals surface area contributed by atoms with Crippen LogP contribution < -0.4 is 0 Å². The third kappa shape index (κ3) is 4.34. The molecule has 130 valence electrons. The summed E-state index contributed by atoms with van der Waals surface area (Å²) < 4.78 is 0. The van der Waals surface area contributed by atoms with Gasteiger partial charge in [0.2, 0.25) is 0 Å². The standard InChI is InChI=1S/C19H27N3O2/c20-9-15-1-3-16(4-2-15)10-22-12-17(18(13-22)14-23)11-21-7-5-19(24)6-8-21/h1-4,17-19,23-24H,5-8,10-14H2/t17-,18-/m0/s1.